The number of hydrogen-bond acceptors (Lipinski definition) is 3. The normalized spacial score (nSPS) is 21.8. The monoisotopic (exact) mass is 511 g/mol. The predicted molar refractivity (Wildman–Crippen MR) is 137 cm³/mol. The molecule has 1 fully saturated rings. The van der Waals surface area contributed by atoms with E-state index in [0.29, 0.717) is 0 Å². The average Bonchev–Trinajstić information content (AvgIpc) is 3.02. The van der Waals surface area contributed by atoms with Gasteiger partial charge in [-0.3, -0.25) is 4.79 Å². The molecule has 0 aromatic heterocycles. The summed E-state index contributed by atoms with van der Waals surface area (Å²) in [6.07, 6.45) is 19.9. The lowest BCUT2D eigenvalue weighted by molar-refractivity contribution is -0.149. The molecule has 4 nitrogen and oxygen atoms in total. The van der Waals surface area contributed by atoms with Crippen LogP contribution < -0.4 is 5.32 Å². The zero-order chi connectivity index (χ0) is 24.0. The van der Waals surface area contributed by atoms with Crippen molar-refractivity contribution in [3.63, 3.8) is 0 Å². The highest BCUT2D eigenvalue weighted by Crippen LogP contribution is 2.34. The molecule has 0 unspecified atom stereocenters. The molecule has 1 aliphatic heterocycles. The molecule has 32 heavy (non-hydrogen) atoms. The smallest absolute Gasteiger partial charge is 0.272 e. The lowest BCUT2D eigenvalue weighted by Gasteiger charge is -2.26. The zero-order valence-electron chi connectivity index (χ0n) is 20.4. The van der Waals surface area contributed by atoms with Gasteiger partial charge in [-0.15, -0.1) is 0 Å². The zero-order valence-corrected chi connectivity index (χ0v) is 22.7. The van der Waals surface area contributed by atoms with E-state index in [0.717, 1.165) is 12.8 Å². The molecule has 0 aromatic rings. The number of amides is 1. The summed E-state index contributed by atoms with van der Waals surface area (Å²) in [5, 5.41) is 2.79. The molecule has 1 saturated heterocycles. The van der Waals surface area contributed by atoms with Crippen molar-refractivity contribution in [1.82, 2.24) is 5.32 Å². The summed E-state index contributed by atoms with van der Waals surface area (Å²) < 4.78 is 10.3. The van der Waals surface area contributed by atoms with Crippen LogP contribution >= 0.6 is 34.8 Å². The van der Waals surface area contributed by atoms with Gasteiger partial charge in [0.15, 0.2) is 5.79 Å². The third-order valence-electron chi connectivity index (χ3n) is 5.87. The van der Waals surface area contributed by atoms with Gasteiger partial charge in [0, 0.05) is 0 Å². The summed E-state index contributed by atoms with van der Waals surface area (Å²) >= 11 is 17.2. The maximum absolute atomic E-state index is 12.2. The molecular formula is C25H44Cl3NO3. The van der Waals surface area contributed by atoms with Crippen LogP contribution in [0.2, 0.25) is 0 Å². The minimum absolute atomic E-state index is 0.120. The molecule has 0 radical (unpaired) electrons. The molecule has 0 saturated carbocycles. The van der Waals surface area contributed by atoms with Gasteiger partial charge in [-0.05, 0) is 27.2 Å². The molecule has 0 aliphatic carbocycles. The van der Waals surface area contributed by atoms with E-state index in [1.54, 1.807) is 0 Å². The Kier molecular flexibility index (Phi) is 14.8. The van der Waals surface area contributed by atoms with Crippen LogP contribution in [-0.2, 0) is 14.3 Å². The summed E-state index contributed by atoms with van der Waals surface area (Å²) in [7, 11) is 0. The number of halogens is 3. The van der Waals surface area contributed by atoms with Crippen LogP contribution in [0.15, 0.2) is 12.2 Å². The highest BCUT2D eigenvalue weighted by molar-refractivity contribution is 6.76. The second-order valence-electron chi connectivity index (χ2n) is 9.34. The van der Waals surface area contributed by atoms with E-state index in [9.17, 15) is 4.79 Å². The summed E-state index contributed by atoms with van der Waals surface area (Å²) in [5.41, 5.74) is 0. The van der Waals surface area contributed by atoms with E-state index in [2.05, 4.69) is 12.2 Å². The van der Waals surface area contributed by atoms with Crippen LogP contribution in [0.5, 0.6) is 0 Å². The van der Waals surface area contributed by atoms with Gasteiger partial charge < -0.3 is 14.8 Å². The van der Waals surface area contributed by atoms with E-state index in [1.807, 2.05) is 32.9 Å². The van der Waals surface area contributed by atoms with Crippen LogP contribution in [-0.4, -0.2) is 33.7 Å². The van der Waals surface area contributed by atoms with Crippen molar-refractivity contribution >= 4 is 40.7 Å². The second kappa shape index (κ2) is 15.8. The Labute approximate surface area is 211 Å². The van der Waals surface area contributed by atoms with Gasteiger partial charge >= 0.3 is 0 Å². The molecule has 3 atom stereocenters. The molecule has 1 heterocycles. The Morgan fingerprint density at radius 1 is 0.938 bits per heavy atom. The number of carbonyl (C=O) groups is 1. The van der Waals surface area contributed by atoms with Gasteiger partial charge in [-0.1, -0.05) is 131 Å². The van der Waals surface area contributed by atoms with Crippen LogP contribution in [0.1, 0.15) is 111 Å². The molecular weight excluding hydrogens is 469 g/mol. The molecule has 1 N–H and O–H groups in total. The number of ether oxygens (including phenoxy) is 2. The van der Waals surface area contributed by atoms with Crippen molar-refractivity contribution in [1.29, 1.82) is 0 Å². The summed E-state index contributed by atoms with van der Waals surface area (Å²) in [5.74, 6) is -1.38. The highest BCUT2D eigenvalue weighted by Gasteiger charge is 2.45. The quantitative estimate of drug-likeness (QED) is 0.129. The first-order chi connectivity index (χ1) is 15.1. The summed E-state index contributed by atoms with van der Waals surface area (Å²) in [4.78, 5) is 12.2. The Morgan fingerprint density at radius 2 is 1.44 bits per heavy atom. The standard InChI is InChI=1S/C25H44Cl3NO3/c1-5-7-8-9-10-11-12-13-14-15-16-17-19-21-22(32-24(3,4)31-21)20(18-6-2)29-23(30)25(26,27)28/h6,18,20-22H,5,7-17,19H2,1-4H3,(H,29,30)/b18-6+/t20-,21+,22-/m0/s1. The fourth-order valence-electron chi connectivity index (χ4n) is 4.26. The first kappa shape index (κ1) is 30.0. The maximum Gasteiger partial charge on any atom is 0.272 e. The Morgan fingerprint density at radius 3 is 1.91 bits per heavy atom. The van der Waals surface area contributed by atoms with Crippen molar-refractivity contribution in [3.8, 4) is 0 Å². The van der Waals surface area contributed by atoms with Crippen LogP contribution in [0.25, 0.3) is 0 Å². The Hall–Kier alpha value is -0.0000000000000000416. The van der Waals surface area contributed by atoms with Gasteiger partial charge in [-0.25, -0.2) is 0 Å². The summed E-state index contributed by atoms with van der Waals surface area (Å²) in [6, 6.07) is -0.424. The molecule has 0 aromatic carbocycles. The minimum atomic E-state index is -2.01. The summed E-state index contributed by atoms with van der Waals surface area (Å²) in [6.45, 7) is 7.94. The van der Waals surface area contributed by atoms with E-state index in [4.69, 9.17) is 44.3 Å². The van der Waals surface area contributed by atoms with Gasteiger partial charge in [0.25, 0.3) is 9.70 Å². The van der Waals surface area contributed by atoms with Gasteiger partial charge in [-0.2, -0.15) is 0 Å². The number of hydrogen-bond donors (Lipinski definition) is 1. The number of carbonyl (C=O) groups excluding carboxylic acids is 1. The van der Waals surface area contributed by atoms with E-state index < -0.39 is 21.5 Å². The third-order valence-corrected chi connectivity index (χ3v) is 6.39. The predicted octanol–water partition coefficient (Wildman–Crippen LogP) is 8.03. The minimum Gasteiger partial charge on any atom is -0.344 e. The van der Waals surface area contributed by atoms with E-state index in [1.165, 1.54) is 70.6 Å². The van der Waals surface area contributed by atoms with Crippen molar-refractivity contribution in [2.45, 2.75) is 139 Å². The van der Waals surface area contributed by atoms with Crippen molar-refractivity contribution in [2.75, 3.05) is 0 Å². The molecule has 1 aliphatic rings. The van der Waals surface area contributed by atoms with Crippen LogP contribution in [0.4, 0.5) is 0 Å². The highest BCUT2D eigenvalue weighted by atomic mass is 35.6. The molecule has 1 rings (SSSR count). The largest absolute Gasteiger partial charge is 0.344 e. The van der Waals surface area contributed by atoms with Gasteiger partial charge in [0.05, 0.1) is 12.1 Å². The van der Waals surface area contributed by atoms with Crippen molar-refractivity contribution in [2.24, 2.45) is 0 Å². The number of allylic oxidation sites excluding steroid dienone is 1. The van der Waals surface area contributed by atoms with Gasteiger partial charge in [0.1, 0.15) is 6.10 Å². The number of alkyl halides is 3. The van der Waals surface area contributed by atoms with Crippen molar-refractivity contribution in [3.05, 3.63) is 12.2 Å². The van der Waals surface area contributed by atoms with Crippen molar-refractivity contribution < 1.29 is 14.3 Å². The van der Waals surface area contributed by atoms with E-state index >= 15 is 0 Å². The maximum atomic E-state index is 12.2. The Balaban J connectivity index is 2.37. The van der Waals surface area contributed by atoms with Crippen LogP contribution in [0.3, 0.4) is 0 Å². The molecule has 0 spiro atoms. The fourth-order valence-corrected chi connectivity index (χ4v) is 4.42. The molecule has 7 heteroatoms. The molecule has 188 valence electrons. The number of unbranched alkanes of at least 4 members (excludes halogenated alkanes) is 11. The number of nitrogens with one attached hydrogen (secondary N) is 1. The fraction of sp³-hybridized carbons (Fsp3) is 0.880. The SMILES string of the molecule is C/C=C/[C@H](NC(=O)C(Cl)(Cl)Cl)[C@@H]1OC(C)(C)O[C@@H]1CCCCCCCCCCCCCC. The third kappa shape index (κ3) is 12.5. The van der Waals surface area contributed by atoms with E-state index in [-0.39, 0.29) is 12.2 Å². The first-order valence-corrected chi connectivity index (χ1v) is 13.6. The lowest BCUT2D eigenvalue weighted by Crippen LogP contribution is -2.49. The second-order valence-corrected chi connectivity index (χ2v) is 11.6. The number of rotatable bonds is 16. The molecule has 1 amide bonds. The van der Waals surface area contributed by atoms with Gasteiger partial charge in [0.2, 0.25) is 0 Å². The topological polar surface area (TPSA) is 47.6 Å². The van der Waals surface area contributed by atoms with Crippen LogP contribution in [0, 0.1) is 0 Å². The average molecular weight is 513 g/mol. The first-order valence-electron chi connectivity index (χ1n) is 12.5. The molecule has 0 bridgehead atoms. The Bertz CT molecular complexity index is 549. The lowest BCUT2D eigenvalue weighted by atomic mass is 9.98.